The molecule has 0 bridgehead atoms. The van der Waals surface area contributed by atoms with Crippen LogP contribution in [0.5, 0.6) is 0 Å². The molecular formula is C17H26N2O3. The molecule has 0 saturated carbocycles. The lowest BCUT2D eigenvalue weighted by Crippen LogP contribution is -2.48. The summed E-state index contributed by atoms with van der Waals surface area (Å²) >= 11 is 0. The van der Waals surface area contributed by atoms with E-state index in [4.69, 9.17) is 4.74 Å². The first-order valence-corrected chi connectivity index (χ1v) is 7.72. The molecule has 22 heavy (non-hydrogen) atoms. The van der Waals surface area contributed by atoms with Gasteiger partial charge in [-0.1, -0.05) is 30.3 Å². The molecule has 1 saturated heterocycles. The Bertz CT molecular complexity index is 498. The van der Waals surface area contributed by atoms with Crippen molar-refractivity contribution in [2.45, 2.75) is 58.0 Å². The van der Waals surface area contributed by atoms with Gasteiger partial charge in [0.05, 0.1) is 12.1 Å². The molecule has 5 nitrogen and oxygen atoms in total. The molecule has 3 atom stereocenters. The fourth-order valence-electron chi connectivity index (χ4n) is 2.76. The first kappa shape index (κ1) is 16.8. The van der Waals surface area contributed by atoms with Crippen molar-refractivity contribution in [3.63, 3.8) is 0 Å². The molecule has 1 heterocycles. The molecule has 0 unspecified atom stereocenters. The number of β-amino-alcohol motifs (C(OH)–C–C–N with tert-alkyl or cyclic N) is 1. The number of alkyl carbamates (subject to hydrolysis) is 1. The fraction of sp³-hybridized carbons (Fsp3) is 0.588. The van der Waals surface area contributed by atoms with Gasteiger partial charge < -0.3 is 15.2 Å². The van der Waals surface area contributed by atoms with Crippen LogP contribution in [0.15, 0.2) is 30.3 Å². The Morgan fingerprint density at radius 3 is 2.59 bits per heavy atom. The van der Waals surface area contributed by atoms with E-state index >= 15 is 0 Å². The number of amides is 1. The minimum absolute atomic E-state index is 0.0442. The van der Waals surface area contributed by atoms with Gasteiger partial charge in [-0.3, -0.25) is 4.90 Å². The van der Waals surface area contributed by atoms with E-state index in [0.29, 0.717) is 6.54 Å². The summed E-state index contributed by atoms with van der Waals surface area (Å²) in [5, 5.41) is 13.0. The van der Waals surface area contributed by atoms with Crippen LogP contribution in [0.4, 0.5) is 4.79 Å². The van der Waals surface area contributed by atoms with Crippen LogP contribution in [-0.4, -0.2) is 46.4 Å². The quantitative estimate of drug-likeness (QED) is 0.898. The van der Waals surface area contributed by atoms with Crippen LogP contribution >= 0.6 is 0 Å². The van der Waals surface area contributed by atoms with E-state index in [0.717, 1.165) is 6.54 Å². The molecular weight excluding hydrogens is 280 g/mol. The van der Waals surface area contributed by atoms with Crippen molar-refractivity contribution in [2.24, 2.45) is 0 Å². The molecule has 1 fully saturated rings. The second kappa shape index (κ2) is 6.67. The Morgan fingerprint density at radius 1 is 1.36 bits per heavy atom. The highest BCUT2D eigenvalue weighted by molar-refractivity contribution is 5.68. The van der Waals surface area contributed by atoms with Gasteiger partial charge in [-0.25, -0.2) is 4.79 Å². The van der Waals surface area contributed by atoms with E-state index < -0.39 is 17.8 Å². The van der Waals surface area contributed by atoms with Crippen molar-refractivity contribution in [2.75, 3.05) is 6.54 Å². The van der Waals surface area contributed by atoms with E-state index in [9.17, 15) is 9.90 Å². The third kappa shape index (κ3) is 4.45. The van der Waals surface area contributed by atoms with Gasteiger partial charge in [0.2, 0.25) is 0 Å². The summed E-state index contributed by atoms with van der Waals surface area (Å²) in [6, 6.07) is 9.84. The van der Waals surface area contributed by atoms with Gasteiger partial charge in [-0.2, -0.15) is 0 Å². The van der Waals surface area contributed by atoms with Crippen LogP contribution < -0.4 is 5.32 Å². The second-order valence-electron chi connectivity index (χ2n) is 6.90. The summed E-state index contributed by atoms with van der Waals surface area (Å²) in [6.07, 6.45) is -1.07. The summed E-state index contributed by atoms with van der Waals surface area (Å²) in [5.74, 6) is 0. The van der Waals surface area contributed by atoms with Crippen molar-refractivity contribution in [3.05, 3.63) is 35.9 Å². The van der Waals surface area contributed by atoms with Crippen molar-refractivity contribution in [3.8, 4) is 0 Å². The molecule has 0 radical (unpaired) electrons. The average molecular weight is 306 g/mol. The standard InChI is InChI=1S/C17H26N2O3/c1-12-15(18-16(21)22-17(2,3)4)14(20)11-19(12)10-13-8-6-5-7-9-13/h5-9,12,14-15,20H,10-11H2,1-4H3,(H,18,21)/t12-,14-,15-/m0/s1. The Balaban J connectivity index is 1.95. The number of aliphatic hydroxyl groups is 1. The lowest BCUT2D eigenvalue weighted by molar-refractivity contribution is 0.0447. The van der Waals surface area contributed by atoms with E-state index in [1.165, 1.54) is 5.56 Å². The zero-order valence-electron chi connectivity index (χ0n) is 13.7. The smallest absolute Gasteiger partial charge is 0.408 e. The number of hydrogen-bond acceptors (Lipinski definition) is 4. The van der Waals surface area contributed by atoms with Gasteiger partial charge in [0.1, 0.15) is 5.60 Å². The molecule has 2 rings (SSSR count). The summed E-state index contributed by atoms with van der Waals surface area (Å²) in [7, 11) is 0. The number of aliphatic hydroxyl groups excluding tert-OH is 1. The molecule has 0 spiro atoms. The molecule has 1 amide bonds. The van der Waals surface area contributed by atoms with Crippen LogP contribution in [0.25, 0.3) is 0 Å². The van der Waals surface area contributed by atoms with Gasteiger partial charge >= 0.3 is 6.09 Å². The normalized spacial score (nSPS) is 26.0. The van der Waals surface area contributed by atoms with E-state index in [2.05, 4.69) is 22.3 Å². The number of ether oxygens (including phenoxy) is 1. The summed E-state index contributed by atoms with van der Waals surface area (Å²) in [6.45, 7) is 8.78. The Kier molecular flexibility index (Phi) is 5.08. The van der Waals surface area contributed by atoms with Crippen LogP contribution in [0.1, 0.15) is 33.3 Å². The topological polar surface area (TPSA) is 61.8 Å². The highest BCUT2D eigenvalue weighted by Crippen LogP contribution is 2.21. The molecule has 1 aromatic rings. The third-order valence-electron chi connectivity index (χ3n) is 3.84. The molecule has 122 valence electrons. The lowest BCUT2D eigenvalue weighted by atomic mass is 10.1. The lowest BCUT2D eigenvalue weighted by Gasteiger charge is -2.26. The largest absolute Gasteiger partial charge is 0.444 e. The van der Waals surface area contributed by atoms with Gasteiger partial charge in [-0.15, -0.1) is 0 Å². The average Bonchev–Trinajstić information content (AvgIpc) is 2.66. The Morgan fingerprint density at radius 2 is 2.00 bits per heavy atom. The molecule has 2 N–H and O–H groups in total. The van der Waals surface area contributed by atoms with Crippen LogP contribution in [0, 0.1) is 0 Å². The number of carbonyl (C=O) groups is 1. The number of nitrogens with zero attached hydrogens (tertiary/aromatic N) is 1. The number of nitrogens with one attached hydrogen (secondary N) is 1. The van der Waals surface area contributed by atoms with E-state index in [-0.39, 0.29) is 12.1 Å². The van der Waals surface area contributed by atoms with Crippen molar-refractivity contribution in [1.29, 1.82) is 0 Å². The maximum atomic E-state index is 11.9. The minimum Gasteiger partial charge on any atom is -0.444 e. The van der Waals surface area contributed by atoms with Gasteiger partial charge in [0.15, 0.2) is 0 Å². The first-order chi connectivity index (χ1) is 10.3. The zero-order valence-corrected chi connectivity index (χ0v) is 13.7. The molecule has 1 aliphatic rings. The van der Waals surface area contributed by atoms with E-state index in [1.807, 2.05) is 45.9 Å². The van der Waals surface area contributed by atoms with Crippen molar-refractivity contribution in [1.82, 2.24) is 10.2 Å². The SMILES string of the molecule is C[C@H]1[C@H](NC(=O)OC(C)(C)C)[C@@H](O)CN1Cc1ccccc1. The maximum Gasteiger partial charge on any atom is 0.408 e. The van der Waals surface area contributed by atoms with Gasteiger partial charge in [0, 0.05) is 19.1 Å². The predicted molar refractivity (Wildman–Crippen MR) is 85.5 cm³/mol. The second-order valence-corrected chi connectivity index (χ2v) is 6.90. The molecule has 0 aliphatic carbocycles. The van der Waals surface area contributed by atoms with Crippen molar-refractivity contribution >= 4 is 6.09 Å². The summed E-state index contributed by atoms with van der Waals surface area (Å²) in [4.78, 5) is 14.1. The Labute approximate surface area is 132 Å². The highest BCUT2D eigenvalue weighted by atomic mass is 16.6. The Hall–Kier alpha value is -1.59. The maximum absolute atomic E-state index is 11.9. The number of likely N-dealkylation sites (tertiary alicyclic amines) is 1. The van der Waals surface area contributed by atoms with Crippen LogP contribution in [-0.2, 0) is 11.3 Å². The molecule has 1 aliphatic heterocycles. The minimum atomic E-state index is -0.591. The van der Waals surface area contributed by atoms with Crippen LogP contribution in [0.3, 0.4) is 0 Å². The zero-order chi connectivity index (χ0) is 16.3. The summed E-state index contributed by atoms with van der Waals surface area (Å²) in [5.41, 5.74) is 0.653. The molecule has 5 heteroatoms. The summed E-state index contributed by atoms with van der Waals surface area (Å²) < 4.78 is 5.27. The van der Waals surface area contributed by atoms with Gasteiger partial charge in [0.25, 0.3) is 0 Å². The van der Waals surface area contributed by atoms with Crippen LogP contribution in [0.2, 0.25) is 0 Å². The number of rotatable bonds is 3. The van der Waals surface area contributed by atoms with E-state index in [1.54, 1.807) is 0 Å². The number of hydrogen-bond donors (Lipinski definition) is 2. The predicted octanol–water partition coefficient (Wildman–Crippen LogP) is 2.14. The monoisotopic (exact) mass is 306 g/mol. The number of benzene rings is 1. The first-order valence-electron chi connectivity index (χ1n) is 7.72. The van der Waals surface area contributed by atoms with Crippen molar-refractivity contribution < 1.29 is 14.6 Å². The molecule has 0 aromatic heterocycles. The molecule has 1 aromatic carbocycles. The van der Waals surface area contributed by atoms with Gasteiger partial charge in [-0.05, 0) is 33.3 Å². The number of carbonyl (C=O) groups excluding carboxylic acids is 1. The highest BCUT2D eigenvalue weighted by Gasteiger charge is 2.39. The fourth-order valence-corrected chi connectivity index (χ4v) is 2.76. The third-order valence-corrected chi connectivity index (χ3v) is 3.84.